The van der Waals surface area contributed by atoms with Gasteiger partial charge in [-0.15, -0.1) is 21.5 Å². The van der Waals surface area contributed by atoms with Crippen molar-refractivity contribution in [2.45, 2.75) is 38.6 Å². The number of rotatable bonds is 5. The average molecular weight is 482 g/mol. The lowest BCUT2D eigenvalue weighted by molar-refractivity contribution is -0.115. The van der Waals surface area contributed by atoms with Crippen molar-refractivity contribution >= 4 is 34.5 Å². The van der Waals surface area contributed by atoms with Gasteiger partial charge in [-0.1, -0.05) is 36.2 Å². The van der Waals surface area contributed by atoms with E-state index in [1.165, 1.54) is 17.4 Å². The molecule has 1 aliphatic heterocycles. The number of nitrogens with one attached hydrogen (secondary N) is 1. The summed E-state index contributed by atoms with van der Waals surface area (Å²) in [6, 6.07) is 12.0. The third kappa shape index (κ3) is 4.67. The maximum absolute atomic E-state index is 14.7. The lowest BCUT2D eigenvalue weighted by Gasteiger charge is -2.10. The van der Waals surface area contributed by atoms with E-state index in [1.54, 1.807) is 12.1 Å². The number of fused-ring (bicyclic) bond motifs is 1. The molecule has 1 aliphatic rings. The Balaban J connectivity index is 1.32. The number of hydrogen-bond acceptors (Lipinski definition) is 5. The average Bonchev–Trinajstić information content (AvgIpc) is 3.35. The zero-order chi connectivity index (χ0) is 22.8. The van der Waals surface area contributed by atoms with Crippen molar-refractivity contribution < 1.29 is 9.18 Å². The highest BCUT2D eigenvalue weighted by Crippen LogP contribution is 2.31. The van der Waals surface area contributed by atoms with Gasteiger partial charge in [0.2, 0.25) is 5.91 Å². The van der Waals surface area contributed by atoms with Gasteiger partial charge in [0.25, 0.3) is 0 Å². The zero-order valence-corrected chi connectivity index (χ0v) is 19.3. The minimum Gasteiger partial charge on any atom is -0.326 e. The van der Waals surface area contributed by atoms with Gasteiger partial charge in [-0.3, -0.25) is 4.79 Å². The minimum absolute atomic E-state index is 0.105. The Hall–Kier alpha value is -3.10. The maximum atomic E-state index is 14.7. The van der Waals surface area contributed by atoms with Crippen LogP contribution in [0.25, 0.3) is 22.0 Å². The quantitative estimate of drug-likeness (QED) is 0.393. The molecular weight excluding hydrogens is 461 g/mol. The number of halogens is 2. The summed E-state index contributed by atoms with van der Waals surface area (Å²) in [5.41, 5.74) is 2.33. The second-order valence-electron chi connectivity index (χ2n) is 7.95. The molecule has 0 aliphatic carbocycles. The van der Waals surface area contributed by atoms with Gasteiger partial charge in [0.1, 0.15) is 16.6 Å². The molecule has 0 bridgehead atoms. The predicted octanol–water partition coefficient (Wildman–Crippen LogP) is 5.77. The fourth-order valence-corrected chi connectivity index (χ4v) is 5.11. The molecule has 0 spiro atoms. The van der Waals surface area contributed by atoms with Crippen LogP contribution in [0.4, 0.5) is 10.1 Å². The number of aromatic nitrogens is 4. The van der Waals surface area contributed by atoms with E-state index in [0.717, 1.165) is 48.6 Å². The largest absolute Gasteiger partial charge is 0.326 e. The van der Waals surface area contributed by atoms with E-state index < -0.39 is 5.82 Å². The summed E-state index contributed by atoms with van der Waals surface area (Å²) < 4.78 is 16.7. The number of amides is 1. The smallest absolute Gasteiger partial charge is 0.230 e. The summed E-state index contributed by atoms with van der Waals surface area (Å²) in [4.78, 5) is 17.2. The summed E-state index contributed by atoms with van der Waals surface area (Å²) in [7, 11) is 0. The van der Waals surface area contributed by atoms with Crippen molar-refractivity contribution in [2.75, 3.05) is 5.32 Å². The van der Waals surface area contributed by atoms with Crippen molar-refractivity contribution in [1.29, 1.82) is 0 Å². The van der Waals surface area contributed by atoms with Gasteiger partial charge in [0, 0.05) is 29.6 Å². The summed E-state index contributed by atoms with van der Waals surface area (Å²) in [6.07, 6.45) is 4.14. The van der Waals surface area contributed by atoms with E-state index in [9.17, 15) is 9.18 Å². The predicted molar refractivity (Wildman–Crippen MR) is 128 cm³/mol. The zero-order valence-electron chi connectivity index (χ0n) is 17.7. The Kier molecular flexibility index (Phi) is 6.20. The van der Waals surface area contributed by atoms with Crippen molar-refractivity contribution in [3.63, 3.8) is 0 Å². The topological polar surface area (TPSA) is 72.7 Å². The number of hydrogen-bond donors (Lipinski definition) is 1. The highest BCUT2D eigenvalue weighted by atomic mass is 35.5. The van der Waals surface area contributed by atoms with Crippen molar-refractivity contribution in [2.24, 2.45) is 0 Å². The van der Waals surface area contributed by atoms with Crippen LogP contribution in [-0.4, -0.2) is 25.7 Å². The highest BCUT2D eigenvalue weighted by Gasteiger charge is 2.19. The first-order chi connectivity index (χ1) is 16.1. The Bertz CT molecular complexity index is 1320. The van der Waals surface area contributed by atoms with Gasteiger partial charge in [-0.25, -0.2) is 9.37 Å². The molecule has 2 aromatic heterocycles. The molecule has 4 aromatic rings. The second-order valence-corrected chi connectivity index (χ2v) is 9.21. The van der Waals surface area contributed by atoms with Gasteiger partial charge in [0.05, 0.1) is 22.7 Å². The third-order valence-electron chi connectivity index (χ3n) is 5.60. The van der Waals surface area contributed by atoms with E-state index in [0.29, 0.717) is 27.8 Å². The third-order valence-corrected chi connectivity index (χ3v) is 6.85. The van der Waals surface area contributed by atoms with Crippen LogP contribution in [0.3, 0.4) is 0 Å². The molecule has 0 fully saturated rings. The Labute approximate surface area is 199 Å². The molecule has 168 valence electrons. The maximum Gasteiger partial charge on any atom is 0.230 e. The molecule has 3 heterocycles. The number of carbonyl (C=O) groups excluding carboxylic acids is 1. The van der Waals surface area contributed by atoms with Crippen LogP contribution in [0.2, 0.25) is 5.02 Å². The van der Waals surface area contributed by atoms with E-state index >= 15 is 0 Å². The molecular formula is C24H21ClFN5OS. The normalized spacial score (nSPS) is 13.4. The van der Waals surface area contributed by atoms with Gasteiger partial charge < -0.3 is 9.88 Å². The van der Waals surface area contributed by atoms with Crippen LogP contribution in [0.5, 0.6) is 0 Å². The van der Waals surface area contributed by atoms with Gasteiger partial charge in [-0.05, 0) is 37.1 Å². The molecule has 5 rings (SSSR count). The molecule has 9 heteroatoms. The van der Waals surface area contributed by atoms with Crippen LogP contribution in [0.15, 0.2) is 47.8 Å². The Morgan fingerprint density at radius 3 is 2.88 bits per heavy atom. The minimum atomic E-state index is -0.392. The summed E-state index contributed by atoms with van der Waals surface area (Å²) in [5.74, 6) is 0.763. The molecule has 0 radical (unpaired) electrons. The van der Waals surface area contributed by atoms with Crippen molar-refractivity contribution in [3.05, 3.63) is 70.2 Å². The van der Waals surface area contributed by atoms with Crippen LogP contribution >= 0.6 is 22.9 Å². The first kappa shape index (κ1) is 21.7. The summed E-state index contributed by atoms with van der Waals surface area (Å²) >= 11 is 7.69. The number of carbonyl (C=O) groups is 1. The molecule has 1 amide bonds. The number of thiazole rings is 1. The van der Waals surface area contributed by atoms with E-state index in [-0.39, 0.29) is 12.3 Å². The lowest BCUT2D eigenvalue weighted by atomic mass is 10.1. The first-order valence-electron chi connectivity index (χ1n) is 10.8. The number of benzene rings is 2. The van der Waals surface area contributed by atoms with Crippen molar-refractivity contribution in [1.82, 2.24) is 19.7 Å². The van der Waals surface area contributed by atoms with Crippen LogP contribution in [0.1, 0.15) is 30.8 Å². The fourth-order valence-electron chi connectivity index (χ4n) is 3.97. The molecule has 0 saturated carbocycles. The summed E-state index contributed by atoms with van der Waals surface area (Å²) in [5, 5.41) is 14.6. The highest BCUT2D eigenvalue weighted by molar-refractivity contribution is 7.13. The number of anilines is 1. The number of nitrogens with zero attached hydrogens (tertiary/aromatic N) is 4. The van der Waals surface area contributed by atoms with Crippen LogP contribution in [0, 0.1) is 5.82 Å². The van der Waals surface area contributed by atoms with E-state index in [1.807, 2.05) is 34.2 Å². The van der Waals surface area contributed by atoms with E-state index in [4.69, 9.17) is 11.6 Å². The molecule has 0 unspecified atom stereocenters. The van der Waals surface area contributed by atoms with Gasteiger partial charge in [0.15, 0.2) is 5.82 Å². The second kappa shape index (κ2) is 9.41. The lowest BCUT2D eigenvalue weighted by Crippen LogP contribution is -2.15. The molecule has 2 aromatic carbocycles. The van der Waals surface area contributed by atoms with Crippen molar-refractivity contribution in [3.8, 4) is 22.0 Å². The molecule has 33 heavy (non-hydrogen) atoms. The molecule has 1 N–H and O–H groups in total. The number of aryl methyl sites for hydroxylation is 1. The molecule has 0 atom stereocenters. The van der Waals surface area contributed by atoms with Crippen LogP contribution < -0.4 is 5.32 Å². The van der Waals surface area contributed by atoms with Crippen LogP contribution in [-0.2, 0) is 24.2 Å². The van der Waals surface area contributed by atoms with Gasteiger partial charge in [-0.2, -0.15) is 0 Å². The molecule has 6 nitrogen and oxygen atoms in total. The first-order valence-corrected chi connectivity index (χ1v) is 12.1. The molecule has 0 saturated heterocycles. The van der Waals surface area contributed by atoms with E-state index in [2.05, 4.69) is 20.5 Å². The monoisotopic (exact) mass is 481 g/mol. The fraction of sp³-hybridized carbons (Fsp3) is 0.250. The Morgan fingerprint density at radius 2 is 2.00 bits per heavy atom. The standard InChI is InChI=1S/C24H21ClFN5OS/c25-19-7-4-3-6-17(19)24-28-16(14-33-24)13-22(32)27-15-9-10-20(26)18(12-15)23-30-29-21-8-2-1-5-11-31(21)23/h3-4,6-7,9-10,12,14H,1-2,5,8,11,13H2,(H,27,32). The Morgan fingerprint density at radius 1 is 1.12 bits per heavy atom. The SMILES string of the molecule is O=C(Cc1csc(-c2ccccc2Cl)n1)Nc1ccc(F)c(-c2nnc3n2CCCCC3)c1. The van der Waals surface area contributed by atoms with Gasteiger partial charge >= 0.3 is 0 Å². The summed E-state index contributed by atoms with van der Waals surface area (Å²) in [6.45, 7) is 0.769.